The second kappa shape index (κ2) is 8.03. The van der Waals surface area contributed by atoms with Crippen molar-refractivity contribution in [3.8, 4) is 0 Å². The van der Waals surface area contributed by atoms with Gasteiger partial charge in [-0.3, -0.25) is 0 Å². The topological polar surface area (TPSA) is 52.6 Å². The fourth-order valence-electron chi connectivity index (χ4n) is 2.91. The average molecular weight is 290 g/mol. The van der Waals surface area contributed by atoms with E-state index in [1.807, 2.05) is 17.9 Å². The number of piperidine rings is 1. The number of amides is 2. The largest absolute Gasteiger partial charge is 0.396 e. The van der Waals surface area contributed by atoms with Crippen molar-refractivity contribution in [2.45, 2.75) is 44.6 Å². The highest BCUT2D eigenvalue weighted by Crippen LogP contribution is 2.27. The Bertz CT molecular complexity index is 428. The smallest absolute Gasteiger partial charge is 0.317 e. The summed E-state index contributed by atoms with van der Waals surface area (Å²) in [6.45, 7) is 3.81. The molecule has 0 radical (unpaired) electrons. The number of nitrogens with zero attached hydrogens (tertiary/aromatic N) is 1. The molecule has 1 atom stereocenters. The van der Waals surface area contributed by atoms with Crippen molar-refractivity contribution in [1.29, 1.82) is 0 Å². The molecule has 0 spiro atoms. The molecule has 1 heterocycles. The van der Waals surface area contributed by atoms with Crippen LogP contribution >= 0.6 is 0 Å². The van der Waals surface area contributed by atoms with Crippen molar-refractivity contribution in [3.05, 3.63) is 35.9 Å². The van der Waals surface area contributed by atoms with E-state index < -0.39 is 0 Å². The summed E-state index contributed by atoms with van der Waals surface area (Å²) in [5, 5.41) is 11.8. The molecular weight excluding hydrogens is 264 g/mol. The maximum atomic E-state index is 12.2. The minimum Gasteiger partial charge on any atom is -0.396 e. The number of carbonyl (C=O) groups excluding carboxylic acids is 1. The van der Waals surface area contributed by atoms with Gasteiger partial charge in [0.05, 0.1) is 0 Å². The molecule has 4 heteroatoms. The first kappa shape index (κ1) is 15.8. The number of aliphatic hydroxyl groups is 1. The lowest BCUT2D eigenvalue weighted by atomic mass is 9.90. The quantitative estimate of drug-likeness (QED) is 0.876. The van der Waals surface area contributed by atoms with Crippen LogP contribution in [0.3, 0.4) is 0 Å². The average Bonchev–Trinajstić information content (AvgIpc) is 2.54. The van der Waals surface area contributed by atoms with Crippen molar-refractivity contribution in [3.63, 3.8) is 0 Å². The van der Waals surface area contributed by atoms with Crippen LogP contribution in [0.15, 0.2) is 30.3 Å². The highest BCUT2D eigenvalue weighted by Gasteiger charge is 2.24. The van der Waals surface area contributed by atoms with Gasteiger partial charge in [-0.1, -0.05) is 30.3 Å². The summed E-state index contributed by atoms with van der Waals surface area (Å²) >= 11 is 0. The monoisotopic (exact) mass is 290 g/mol. The van der Waals surface area contributed by atoms with Crippen LogP contribution in [0.2, 0.25) is 0 Å². The van der Waals surface area contributed by atoms with E-state index in [1.54, 1.807) is 0 Å². The Balaban J connectivity index is 1.77. The number of benzene rings is 1. The maximum absolute atomic E-state index is 12.2. The van der Waals surface area contributed by atoms with Gasteiger partial charge < -0.3 is 15.3 Å². The number of urea groups is 1. The first-order chi connectivity index (χ1) is 10.2. The Morgan fingerprint density at radius 2 is 2.00 bits per heavy atom. The van der Waals surface area contributed by atoms with Crippen LogP contribution < -0.4 is 5.32 Å². The van der Waals surface area contributed by atoms with E-state index in [0.29, 0.717) is 5.92 Å². The molecule has 1 aromatic rings. The predicted molar refractivity (Wildman–Crippen MR) is 84.3 cm³/mol. The molecule has 116 valence electrons. The molecule has 21 heavy (non-hydrogen) atoms. The fraction of sp³-hybridized carbons (Fsp3) is 0.588. The highest BCUT2D eigenvalue weighted by molar-refractivity contribution is 5.74. The molecule has 4 nitrogen and oxygen atoms in total. The Labute approximate surface area is 127 Å². The van der Waals surface area contributed by atoms with Gasteiger partial charge in [0.25, 0.3) is 0 Å². The number of nitrogens with one attached hydrogen (secondary N) is 1. The number of rotatable bonds is 5. The van der Waals surface area contributed by atoms with Crippen molar-refractivity contribution >= 4 is 6.03 Å². The fourth-order valence-corrected chi connectivity index (χ4v) is 2.91. The SMILES string of the molecule is CC(CCCO)NC(=O)N1CCC(c2ccccc2)CC1. The van der Waals surface area contributed by atoms with Gasteiger partial charge in [-0.15, -0.1) is 0 Å². The summed E-state index contributed by atoms with van der Waals surface area (Å²) in [5.74, 6) is 0.571. The Kier molecular flexibility index (Phi) is 6.05. The minimum atomic E-state index is 0.0342. The molecule has 0 aromatic heterocycles. The molecule has 1 aliphatic rings. The number of hydrogen-bond donors (Lipinski definition) is 2. The van der Waals surface area contributed by atoms with Crippen LogP contribution in [-0.4, -0.2) is 41.8 Å². The van der Waals surface area contributed by atoms with Gasteiger partial charge in [-0.2, -0.15) is 0 Å². The van der Waals surface area contributed by atoms with E-state index in [9.17, 15) is 4.79 Å². The summed E-state index contributed by atoms with van der Waals surface area (Å²) in [5.41, 5.74) is 1.38. The molecule has 1 unspecified atom stereocenters. The Morgan fingerprint density at radius 3 is 2.62 bits per heavy atom. The second-order valence-electron chi connectivity index (χ2n) is 5.89. The van der Waals surface area contributed by atoms with E-state index in [4.69, 9.17) is 5.11 Å². The Hall–Kier alpha value is -1.55. The molecule has 2 amide bonds. The molecule has 1 fully saturated rings. The summed E-state index contributed by atoms with van der Waals surface area (Å²) in [4.78, 5) is 14.1. The van der Waals surface area contributed by atoms with Crippen LogP contribution in [0.1, 0.15) is 44.1 Å². The Morgan fingerprint density at radius 1 is 1.33 bits per heavy atom. The molecule has 0 saturated carbocycles. The molecule has 1 aliphatic heterocycles. The van der Waals surface area contributed by atoms with Crippen LogP contribution in [0.25, 0.3) is 0 Å². The lowest BCUT2D eigenvalue weighted by Gasteiger charge is -2.33. The van der Waals surface area contributed by atoms with Gasteiger partial charge in [-0.25, -0.2) is 4.79 Å². The van der Waals surface area contributed by atoms with Crippen LogP contribution in [-0.2, 0) is 0 Å². The number of carbonyl (C=O) groups is 1. The molecule has 0 aliphatic carbocycles. The zero-order chi connectivity index (χ0) is 15.1. The van der Waals surface area contributed by atoms with Crippen molar-refractivity contribution < 1.29 is 9.90 Å². The third-order valence-electron chi connectivity index (χ3n) is 4.22. The maximum Gasteiger partial charge on any atom is 0.317 e. The first-order valence-corrected chi connectivity index (χ1v) is 7.92. The van der Waals surface area contributed by atoms with Gasteiger partial charge in [0.1, 0.15) is 0 Å². The van der Waals surface area contributed by atoms with Crippen molar-refractivity contribution in [2.24, 2.45) is 0 Å². The lowest BCUT2D eigenvalue weighted by molar-refractivity contribution is 0.177. The van der Waals surface area contributed by atoms with Gasteiger partial charge in [0, 0.05) is 25.7 Å². The molecule has 2 rings (SSSR count). The summed E-state index contributed by atoms with van der Waals surface area (Å²) < 4.78 is 0. The third-order valence-corrected chi connectivity index (χ3v) is 4.22. The van der Waals surface area contributed by atoms with Gasteiger partial charge in [0.15, 0.2) is 0 Å². The van der Waals surface area contributed by atoms with Crippen LogP contribution in [0, 0.1) is 0 Å². The molecule has 1 aromatic carbocycles. The standard InChI is InChI=1S/C17H26N2O2/c1-14(6-5-13-20)18-17(21)19-11-9-16(10-12-19)15-7-3-2-4-8-15/h2-4,7-8,14,16,20H,5-6,9-13H2,1H3,(H,18,21). The number of aliphatic hydroxyl groups excluding tert-OH is 1. The highest BCUT2D eigenvalue weighted by atomic mass is 16.3. The predicted octanol–water partition coefficient (Wildman–Crippen LogP) is 2.74. The molecule has 1 saturated heterocycles. The zero-order valence-corrected chi connectivity index (χ0v) is 12.8. The third kappa shape index (κ3) is 4.74. The van der Waals surface area contributed by atoms with E-state index >= 15 is 0 Å². The van der Waals surface area contributed by atoms with Crippen molar-refractivity contribution in [2.75, 3.05) is 19.7 Å². The van der Waals surface area contributed by atoms with Gasteiger partial charge >= 0.3 is 6.03 Å². The molecular formula is C17H26N2O2. The van der Waals surface area contributed by atoms with Crippen LogP contribution in [0.5, 0.6) is 0 Å². The second-order valence-corrected chi connectivity index (χ2v) is 5.89. The van der Waals surface area contributed by atoms with E-state index in [1.165, 1.54) is 5.56 Å². The van der Waals surface area contributed by atoms with E-state index in [0.717, 1.165) is 38.8 Å². The number of likely N-dealkylation sites (tertiary alicyclic amines) is 1. The summed E-state index contributed by atoms with van der Waals surface area (Å²) in [6, 6.07) is 10.7. The van der Waals surface area contributed by atoms with E-state index in [2.05, 4.69) is 29.6 Å². The normalized spacial score (nSPS) is 17.5. The van der Waals surface area contributed by atoms with E-state index in [-0.39, 0.29) is 18.7 Å². The summed E-state index contributed by atoms with van der Waals surface area (Å²) in [7, 11) is 0. The van der Waals surface area contributed by atoms with Gasteiger partial charge in [0.2, 0.25) is 0 Å². The zero-order valence-electron chi connectivity index (χ0n) is 12.8. The molecule has 2 N–H and O–H groups in total. The lowest BCUT2D eigenvalue weighted by Crippen LogP contribution is -2.46. The van der Waals surface area contributed by atoms with Gasteiger partial charge in [-0.05, 0) is 44.1 Å². The first-order valence-electron chi connectivity index (χ1n) is 7.92. The van der Waals surface area contributed by atoms with Crippen LogP contribution in [0.4, 0.5) is 4.79 Å². The summed E-state index contributed by atoms with van der Waals surface area (Å²) in [6.07, 6.45) is 3.62. The minimum absolute atomic E-state index is 0.0342. The van der Waals surface area contributed by atoms with Crippen molar-refractivity contribution in [1.82, 2.24) is 10.2 Å². The molecule has 0 bridgehead atoms. The number of hydrogen-bond acceptors (Lipinski definition) is 2.